The Hall–Kier alpha value is -1.07. The van der Waals surface area contributed by atoms with E-state index in [0.717, 1.165) is 29.4 Å². The zero-order chi connectivity index (χ0) is 14.4. The minimum atomic E-state index is 0.122. The van der Waals surface area contributed by atoms with Crippen LogP contribution in [-0.4, -0.2) is 41.2 Å². The highest BCUT2D eigenvalue weighted by Crippen LogP contribution is 2.21. The van der Waals surface area contributed by atoms with Gasteiger partial charge in [-0.2, -0.15) is 5.10 Å². The van der Waals surface area contributed by atoms with E-state index < -0.39 is 0 Å². The molecule has 0 spiro atoms. The first-order valence-corrected chi connectivity index (χ1v) is 7.03. The van der Waals surface area contributed by atoms with Gasteiger partial charge in [0.05, 0.1) is 16.4 Å². The van der Waals surface area contributed by atoms with Crippen LogP contribution in [0, 0.1) is 0 Å². The maximum Gasteiger partial charge on any atom is 0.223 e. The number of carbonyl (C=O) groups is 1. The summed E-state index contributed by atoms with van der Waals surface area (Å²) in [5, 5.41) is 8.45. The Balaban J connectivity index is 2.53. The largest absolute Gasteiger partial charge is 0.349 e. The normalized spacial score (nSPS) is 10.8. The minimum Gasteiger partial charge on any atom is -0.349 e. The Morgan fingerprint density at radius 1 is 1.42 bits per heavy atom. The van der Waals surface area contributed by atoms with Crippen LogP contribution in [0.5, 0.6) is 0 Å². The van der Waals surface area contributed by atoms with Crippen molar-refractivity contribution in [2.45, 2.75) is 39.8 Å². The molecular weight excluding hydrogens is 264 g/mol. The smallest absolute Gasteiger partial charge is 0.223 e. The topological polar surface area (TPSA) is 50.2 Å². The first kappa shape index (κ1) is 16.0. The van der Waals surface area contributed by atoms with Crippen LogP contribution in [-0.2, 0) is 24.3 Å². The van der Waals surface area contributed by atoms with Crippen LogP contribution < -0.4 is 5.32 Å². The molecule has 0 fully saturated rings. The molecule has 0 aliphatic rings. The number of amides is 1. The van der Waals surface area contributed by atoms with Crippen molar-refractivity contribution >= 4 is 17.5 Å². The number of aromatic nitrogens is 2. The minimum absolute atomic E-state index is 0.122. The molecule has 0 aliphatic heterocycles. The lowest BCUT2D eigenvalue weighted by molar-refractivity contribution is -0.128. The van der Waals surface area contributed by atoms with Gasteiger partial charge in [0, 0.05) is 40.2 Å². The standard InChI is InChI=1S/C13H23ClN4O/c1-5-10-13(14)11(18(6-2)16-10)9-15-8-7-12(19)17(3)4/h15H,5-9H2,1-4H3. The summed E-state index contributed by atoms with van der Waals surface area (Å²) in [6, 6.07) is 0. The fourth-order valence-electron chi connectivity index (χ4n) is 1.81. The molecule has 0 saturated carbocycles. The van der Waals surface area contributed by atoms with E-state index in [1.807, 2.05) is 18.5 Å². The summed E-state index contributed by atoms with van der Waals surface area (Å²) in [5.74, 6) is 0.122. The van der Waals surface area contributed by atoms with E-state index >= 15 is 0 Å². The molecule has 0 radical (unpaired) electrons. The molecule has 1 heterocycles. The van der Waals surface area contributed by atoms with Crippen LogP contribution in [0.1, 0.15) is 31.7 Å². The Labute approximate surface area is 119 Å². The third-order valence-electron chi connectivity index (χ3n) is 3.00. The molecule has 108 valence electrons. The highest BCUT2D eigenvalue weighted by atomic mass is 35.5. The number of nitrogens with zero attached hydrogens (tertiary/aromatic N) is 3. The number of rotatable bonds is 7. The Morgan fingerprint density at radius 2 is 2.11 bits per heavy atom. The second-order valence-electron chi connectivity index (χ2n) is 4.59. The Morgan fingerprint density at radius 3 is 2.63 bits per heavy atom. The first-order chi connectivity index (χ1) is 9.01. The number of nitrogens with one attached hydrogen (secondary N) is 1. The molecule has 0 bridgehead atoms. The predicted molar refractivity (Wildman–Crippen MR) is 77.3 cm³/mol. The summed E-state index contributed by atoms with van der Waals surface area (Å²) in [6.45, 7) is 6.17. The van der Waals surface area contributed by atoms with E-state index in [2.05, 4.69) is 10.4 Å². The van der Waals surface area contributed by atoms with Gasteiger partial charge in [-0.3, -0.25) is 9.48 Å². The van der Waals surface area contributed by atoms with Gasteiger partial charge < -0.3 is 10.2 Å². The molecule has 1 aromatic rings. The molecule has 1 amide bonds. The van der Waals surface area contributed by atoms with Gasteiger partial charge in [-0.25, -0.2) is 0 Å². The molecule has 1 rings (SSSR count). The average Bonchev–Trinajstić information content (AvgIpc) is 2.70. The van der Waals surface area contributed by atoms with Crippen molar-refractivity contribution in [2.75, 3.05) is 20.6 Å². The van der Waals surface area contributed by atoms with E-state index in [0.29, 0.717) is 19.5 Å². The molecule has 19 heavy (non-hydrogen) atoms. The van der Waals surface area contributed by atoms with Crippen molar-refractivity contribution < 1.29 is 4.79 Å². The first-order valence-electron chi connectivity index (χ1n) is 6.66. The van der Waals surface area contributed by atoms with Crippen LogP contribution in [0.25, 0.3) is 0 Å². The lowest BCUT2D eigenvalue weighted by Gasteiger charge is -2.11. The van der Waals surface area contributed by atoms with Gasteiger partial charge in [0.2, 0.25) is 5.91 Å². The highest BCUT2D eigenvalue weighted by Gasteiger charge is 2.13. The van der Waals surface area contributed by atoms with Gasteiger partial charge in [0.25, 0.3) is 0 Å². The third kappa shape index (κ3) is 4.21. The van der Waals surface area contributed by atoms with Crippen molar-refractivity contribution in [2.24, 2.45) is 0 Å². The van der Waals surface area contributed by atoms with Crippen LogP contribution in [0.15, 0.2) is 0 Å². The number of halogens is 1. The zero-order valence-corrected chi connectivity index (χ0v) is 12.9. The number of carbonyl (C=O) groups excluding carboxylic acids is 1. The molecule has 1 N–H and O–H groups in total. The second-order valence-corrected chi connectivity index (χ2v) is 4.97. The molecule has 6 heteroatoms. The van der Waals surface area contributed by atoms with Gasteiger partial charge >= 0.3 is 0 Å². The third-order valence-corrected chi connectivity index (χ3v) is 3.44. The van der Waals surface area contributed by atoms with Gasteiger partial charge in [-0.15, -0.1) is 0 Å². The summed E-state index contributed by atoms with van der Waals surface area (Å²) in [7, 11) is 3.53. The van der Waals surface area contributed by atoms with Crippen LogP contribution in [0.4, 0.5) is 0 Å². The summed E-state index contributed by atoms with van der Waals surface area (Å²) < 4.78 is 1.92. The lowest BCUT2D eigenvalue weighted by atomic mass is 10.3. The van der Waals surface area contributed by atoms with E-state index in [-0.39, 0.29) is 5.91 Å². The molecule has 1 aromatic heterocycles. The van der Waals surface area contributed by atoms with Crippen LogP contribution in [0.2, 0.25) is 5.02 Å². The summed E-state index contributed by atoms with van der Waals surface area (Å²) in [4.78, 5) is 13.0. The SMILES string of the molecule is CCc1nn(CC)c(CNCCC(=O)N(C)C)c1Cl. The Bertz CT molecular complexity index is 429. The summed E-state index contributed by atoms with van der Waals surface area (Å²) in [5.41, 5.74) is 1.93. The lowest BCUT2D eigenvalue weighted by Crippen LogP contribution is -2.27. The van der Waals surface area contributed by atoms with Crippen molar-refractivity contribution in [3.63, 3.8) is 0 Å². The summed E-state index contributed by atoms with van der Waals surface area (Å²) >= 11 is 6.30. The predicted octanol–water partition coefficient (Wildman–Crippen LogP) is 1.69. The zero-order valence-electron chi connectivity index (χ0n) is 12.2. The molecule has 0 saturated heterocycles. The monoisotopic (exact) mass is 286 g/mol. The van der Waals surface area contributed by atoms with E-state index in [4.69, 9.17) is 11.6 Å². The van der Waals surface area contributed by atoms with Gasteiger partial charge in [0.15, 0.2) is 0 Å². The molecule has 0 unspecified atom stereocenters. The van der Waals surface area contributed by atoms with Crippen molar-refractivity contribution in [3.8, 4) is 0 Å². The van der Waals surface area contributed by atoms with Gasteiger partial charge in [-0.1, -0.05) is 18.5 Å². The maximum absolute atomic E-state index is 11.4. The van der Waals surface area contributed by atoms with E-state index in [1.165, 1.54) is 0 Å². The second kappa shape index (κ2) is 7.50. The number of hydrogen-bond donors (Lipinski definition) is 1. The van der Waals surface area contributed by atoms with Crippen molar-refractivity contribution in [1.29, 1.82) is 0 Å². The molecule has 0 aliphatic carbocycles. The quantitative estimate of drug-likeness (QED) is 0.776. The highest BCUT2D eigenvalue weighted by molar-refractivity contribution is 6.31. The fourth-order valence-corrected chi connectivity index (χ4v) is 2.15. The number of hydrogen-bond acceptors (Lipinski definition) is 3. The van der Waals surface area contributed by atoms with Crippen LogP contribution in [0.3, 0.4) is 0 Å². The van der Waals surface area contributed by atoms with Crippen molar-refractivity contribution in [3.05, 3.63) is 16.4 Å². The molecule has 5 nitrogen and oxygen atoms in total. The molecule has 0 atom stereocenters. The Kier molecular flexibility index (Phi) is 6.31. The molecular formula is C13H23ClN4O. The van der Waals surface area contributed by atoms with Crippen molar-refractivity contribution in [1.82, 2.24) is 20.0 Å². The molecule has 0 aromatic carbocycles. The summed E-state index contributed by atoms with van der Waals surface area (Å²) in [6.07, 6.45) is 1.32. The van der Waals surface area contributed by atoms with E-state index in [9.17, 15) is 4.79 Å². The number of aryl methyl sites for hydroxylation is 2. The van der Waals surface area contributed by atoms with Gasteiger partial charge in [0.1, 0.15) is 0 Å². The van der Waals surface area contributed by atoms with E-state index in [1.54, 1.807) is 19.0 Å². The average molecular weight is 287 g/mol. The maximum atomic E-state index is 11.4. The van der Waals surface area contributed by atoms with Crippen LogP contribution >= 0.6 is 11.6 Å². The fraction of sp³-hybridized carbons (Fsp3) is 0.692. The van der Waals surface area contributed by atoms with Gasteiger partial charge in [-0.05, 0) is 13.3 Å².